The number of oxazole rings is 1. The maximum atomic E-state index is 5.73. The van der Waals surface area contributed by atoms with Crippen molar-refractivity contribution in [1.82, 2.24) is 15.6 Å². The summed E-state index contributed by atoms with van der Waals surface area (Å²) in [5.74, 6) is 2.20. The molecule has 1 aromatic heterocycles. The molecule has 0 fully saturated rings. The van der Waals surface area contributed by atoms with E-state index in [-0.39, 0.29) is 29.4 Å². The van der Waals surface area contributed by atoms with Gasteiger partial charge < -0.3 is 24.5 Å². The fourth-order valence-electron chi connectivity index (χ4n) is 1.70. The van der Waals surface area contributed by atoms with Gasteiger partial charge in [-0.1, -0.05) is 20.8 Å². The summed E-state index contributed by atoms with van der Waals surface area (Å²) in [5.41, 5.74) is -0.0444. The zero-order valence-electron chi connectivity index (χ0n) is 15.3. The van der Waals surface area contributed by atoms with Crippen molar-refractivity contribution in [3.05, 3.63) is 17.8 Å². The average Bonchev–Trinajstić information content (AvgIpc) is 2.97. The zero-order chi connectivity index (χ0) is 17.1. The number of nitrogens with zero attached hydrogens (tertiary/aromatic N) is 2. The minimum atomic E-state index is -0.0444. The number of methoxy groups -OCH3 is 1. The molecule has 0 aliphatic carbocycles. The second kappa shape index (κ2) is 12.5. The molecule has 1 rings (SSSR count). The molecule has 0 aliphatic heterocycles. The van der Waals surface area contributed by atoms with E-state index in [1.807, 2.05) is 6.92 Å². The SMILES string of the molecule is CCNC(=NCc1ncc(C(C)(C)C)o1)NCCOCCOC.I. The van der Waals surface area contributed by atoms with E-state index in [9.17, 15) is 0 Å². The van der Waals surface area contributed by atoms with Crippen LogP contribution in [0.25, 0.3) is 0 Å². The lowest BCUT2D eigenvalue weighted by Crippen LogP contribution is -2.39. The number of rotatable bonds is 9. The van der Waals surface area contributed by atoms with Crippen molar-refractivity contribution < 1.29 is 13.9 Å². The normalized spacial score (nSPS) is 12.0. The van der Waals surface area contributed by atoms with Crippen LogP contribution in [-0.2, 0) is 21.4 Å². The highest BCUT2D eigenvalue weighted by Gasteiger charge is 2.18. The molecule has 0 amide bonds. The van der Waals surface area contributed by atoms with Crippen molar-refractivity contribution in [1.29, 1.82) is 0 Å². The summed E-state index contributed by atoms with van der Waals surface area (Å²) in [7, 11) is 1.66. The van der Waals surface area contributed by atoms with E-state index >= 15 is 0 Å². The number of nitrogens with one attached hydrogen (secondary N) is 2. The number of aliphatic imine (C=N–C) groups is 1. The van der Waals surface area contributed by atoms with Crippen molar-refractivity contribution in [2.24, 2.45) is 4.99 Å². The summed E-state index contributed by atoms with van der Waals surface area (Å²) in [4.78, 5) is 8.75. The summed E-state index contributed by atoms with van der Waals surface area (Å²) >= 11 is 0. The predicted molar refractivity (Wildman–Crippen MR) is 106 cm³/mol. The molecule has 8 heteroatoms. The predicted octanol–water partition coefficient (Wildman–Crippen LogP) is 2.31. The summed E-state index contributed by atoms with van der Waals surface area (Å²) in [6.07, 6.45) is 1.77. The first-order chi connectivity index (χ1) is 11.0. The Bertz CT molecular complexity index is 472. The first-order valence-electron chi connectivity index (χ1n) is 8.01. The molecule has 0 radical (unpaired) electrons. The van der Waals surface area contributed by atoms with Gasteiger partial charge >= 0.3 is 0 Å². The van der Waals surface area contributed by atoms with Crippen LogP contribution < -0.4 is 10.6 Å². The van der Waals surface area contributed by atoms with Crippen LogP contribution in [0.4, 0.5) is 0 Å². The summed E-state index contributed by atoms with van der Waals surface area (Å²) in [6, 6.07) is 0. The minimum absolute atomic E-state index is 0. The number of guanidine groups is 1. The lowest BCUT2D eigenvalue weighted by Gasteiger charge is -2.13. The Morgan fingerprint density at radius 2 is 2.00 bits per heavy atom. The Morgan fingerprint density at radius 1 is 1.25 bits per heavy atom. The molecule has 0 unspecified atom stereocenters. The molecule has 140 valence electrons. The lowest BCUT2D eigenvalue weighted by molar-refractivity contribution is 0.0733. The molecule has 2 N–H and O–H groups in total. The topological polar surface area (TPSA) is 80.9 Å². The summed E-state index contributed by atoms with van der Waals surface area (Å²) in [5, 5.41) is 6.39. The van der Waals surface area contributed by atoms with Gasteiger partial charge in [-0.2, -0.15) is 0 Å². The van der Waals surface area contributed by atoms with Crippen LogP contribution in [-0.4, -0.2) is 51.0 Å². The van der Waals surface area contributed by atoms with Gasteiger partial charge in [-0.05, 0) is 6.92 Å². The van der Waals surface area contributed by atoms with Gasteiger partial charge in [0.25, 0.3) is 0 Å². The van der Waals surface area contributed by atoms with Crippen LogP contribution >= 0.6 is 24.0 Å². The molecule has 0 bridgehead atoms. The molecule has 7 nitrogen and oxygen atoms in total. The molecule has 0 saturated carbocycles. The Hall–Kier alpha value is -0.870. The van der Waals surface area contributed by atoms with Gasteiger partial charge in [-0.25, -0.2) is 9.98 Å². The number of hydrogen-bond acceptors (Lipinski definition) is 5. The molecule has 0 aliphatic rings. The van der Waals surface area contributed by atoms with Crippen molar-refractivity contribution in [2.45, 2.75) is 39.7 Å². The fraction of sp³-hybridized carbons (Fsp3) is 0.750. The highest BCUT2D eigenvalue weighted by Crippen LogP contribution is 2.22. The number of aromatic nitrogens is 1. The van der Waals surface area contributed by atoms with E-state index in [1.54, 1.807) is 13.3 Å². The van der Waals surface area contributed by atoms with Crippen LogP contribution in [0, 0.1) is 0 Å². The number of hydrogen-bond donors (Lipinski definition) is 2. The number of ether oxygens (including phenoxy) is 2. The monoisotopic (exact) mass is 454 g/mol. The highest BCUT2D eigenvalue weighted by atomic mass is 127. The second-order valence-corrected chi connectivity index (χ2v) is 6.10. The molecule has 0 spiro atoms. The molecule has 0 aromatic carbocycles. The van der Waals surface area contributed by atoms with E-state index in [1.165, 1.54) is 0 Å². The first-order valence-corrected chi connectivity index (χ1v) is 8.01. The average molecular weight is 454 g/mol. The summed E-state index contributed by atoms with van der Waals surface area (Å²) in [6.45, 7) is 12.0. The van der Waals surface area contributed by atoms with E-state index in [0.29, 0.717) is 38.8 Å². The highest BCUT2D eigenvalue weighted by molar-refractivity contribution is 14.0. The molecule has 24 heavy (non-hydrogen) atoms. The van der Waals surface area contributed by atoms with Gasteiger partial charge in [0.1, 0.15) is 12.3 Å². The molecular formula is C16H31IN4O3. The van der Waals surface area contributed by atoms with Gasteiger partial charge in [0.15, 0.2) is 5.96 Å². The Balaban J connectivity index is 0.00000529. The molecule has 1 heterocycles. The third-order valence-electron chi connectivity index (χ3n) is 2.98. The van der Waals surface area contributed by atoms with Crippen molar-refractivity contribution in [3.8, 4) is 0 Å². The van der Waals surface area contributed by atoms with Gasteiger partial charge in [-0.15, -0.1) is 24.0 Å². The second-order valence-electron chi connectivity index (χ2n) is 6.10. The third-order valence-corrected chi connectivity index (χ3v) is 2.98. The Morgan fingerprint density at radius 3 is 2.58 bits per heavy atom. The van der Waals surface area contributed by atoms with Crippen molar-refractivity contribution in [2.75, 3.05) is 40.0 Å². The largest absolute Gasteiger partial charge is 0.443 e. The third kappa shape index (κ3) is 9.43. The van der Waals surface area contributed by atoms with Crippen LogP contribution in [0.15, 0.2) is 15.6 Å². The molecule has 0 atom stereocenters. The van der Waals surface area contributed by atoms with Crippen molar-refractivity contribution >= 4 is 29.9 Å². The maximum Gasteiger partial charge on any atom is 0.216 e. The Labute approximate surface area is 162 Å². The molecular weight excluding hydrogens is 423 g/mol. The van der Waals surface area contributed by atoms with E-state index in [4.69, 9.17) is 13.9 Å². The summed E-state index contributed by atoms with van der Waals surface area (Å²) < 4.78 is 16.1. The van der Waals surface area contributed by atoms with E-state index in [0.717, 1.165) is 18.3 Å². The molecule has 1 aromatic rings. The standard InChI is InChI=1S/C16H30N4O3.HI/c1-6-17-15(18-7-8-22-10-9-21-5)20-12-14-19-11-13(23-14)16(2,3)4;/h11H,6-10,12H2,1-5H3,(H2,17,18,20);1H. The van der Waals surface area contributed by atoms with Crippen LogP contribution in [0.3, 0.4) is 0 Å². The van der Waals surface area contributed by atoms with Crippen molar-refractivity contribution in [3.63, 3.8) is 0 Å². The van der Waals surface area contributed by atoms with Crippen LogP contribution in [0.5, 0.6) is 0 Å². The maximum absolute atomic E-state index is 5.73. The minimum Gasteiger partial charge on any atom is -0.443 e. The van der Waals surface area contributed by atoms with Gasteiger partial charge in [0.05, 0.1) is 26.0 Å². The van der Waals surface area contributed by atoms with Gasteiger partial charge in [-0.3, -0.25) is 0 Å². The smallest absolute Gasteiger partial charge is 0.216 e. The lowest BCUT2D eigenvalue weighted by atomic mass is 9.94. The van der Waals surface area contributed by atoms with Crippen LogP contribution in [0.2, 0.25) is 0 Å². The number of halogens is 1. The fourth-order valence-corrected chi connectivity index (χ4v) is 1.70. The van der Waals surface area contributed by atoms with Gasteiger partial charge in [0, 0.05) is 25.6 Å². The zero-order valence-corrected chi connectivity index (χ0v) is 17.7. The van der Waals surface area contributed by atoms with Gasteiger partial charge in [0.2, 0.25) is 5.89 Å². The van der Waals surface area contributed by atoms with E-state index in [2.05, 4.69) is 41.4 Å². The first kappa shape index (κ1) is 23.1. The quantitative estimate of drug-likeness (QED) is 0.258. The van der Waals surface area contributed by atoms with Crippen LogP contribution in [0.1, 0.15) is 39.3 Å². The Kier molecular flexibility index (Phi) is 12.0. The molecule has 0 saturated heterocycles. The van der Waals surface area contributed by atoms with E-state index < -0.39 is 0 Å².